The van der Waals surface area contributed by atoms with Crippen LogP contribution in [0.4, 0.5) is 11.4 Å². The molecular weight excluding hydrogens is 306 g/mol. The normalized spacial score (nSPS) is 17.6. The standard InChI is InChI=1S/C18H19N3O3/c22-18(19-16-6-8-17(9-7-16)21(23)24)15-10-11-20(13-15)12-14-4-2-1-3-5-14/h1-9,15H,10-13H2,(H,19,22). The third-order valence-electron chi connectivity index (χ3n) is 4.24. The van der Waals surface area contributed by atoms with Crippen molar-refractivity contribution in [2.75, 3.05) is 18.4 Å². The molecule has 124 valence electrons. The summed E-state index contributed by atoms with van der Waals surface area (Å²) in [4.78, 5) is 24.8. The molecule has 1 amide bonds. The minimum Gasteiger partial charge on any atom is -0.326 e. The maximum Gasteiger partial charge on any atom is 0.269 e. The van der Waals surface area contributed by atoms with E-state index in [1.807, 2.05) is 18.2 Å². The van der Waals surface area contributed by atoms with Gasteiger partial charge in [-0.25, -0.2) is 0 Å². The highest BCUT2D eigenvalue weighted by atomic mass is 16.6. The van der Waals surface area contributed by atoms with Crippen molar-refractivity contribution in [2.24, 2.45) is 5.92 Å². The highest BCUT2D eigenvalue weighted by Gasteiger charge is 2.28. The van der Waals surface area contributed by atoms with Crippen molar-refractivity contribution in [1.29, 1.82) is 0 Å². The Morgan fingerprint density at radius 3 is 2.54 bits per heavy atom. The summed E-state index contributed by atoms with van der Waals surface area (Å²) in [6.07, 6.45) is 0.825. The Morgan fingerprint density at radius 1 is 1.17 bits per heavy atom. The van der Waals surface area contributed by atoms with Crippen molar-refractivity contribution in [3.63, 3.8) is 0 Å². The maximum absolute atomic E-state index is 12.4. The third kappa shape index (κ3) is 3.97. The van der Waals surface area contributed by atoms with Crippen LogP contribution in [-0.2, 0) is 11.3 Å². The molecule has 0 radical (unpaired) electrons. The Kier molecular flexibility index (Phi) is 4.86. The van der Waals surface area contributed by atoms with Gasteiger partial charge in [0.25, 0.3) is 5.69 Å². The first-order valence-electron chi connectivity index (χ1n) is 7.93. The summed E-state index contributed by atoms with van der Waals surface area (Å²) in [7, 11) is 0. The van der Waals surface area contributed by atoms with Crippen LogP contribution >= 0.6 is 0 Å². The topological polar surface area (TPSA) is 75.5 Å². The zero-order valence-corrected chi connectivity index (χ0v) is 13.2. The molecule has 1 unspecified atom stereocenters. The molecule has 1 N–H and O–H groups in total. The van der Waals surface area contributed by atoms with E-state index in [0.29, 0.717) is 5.69 Å². The predicted octanol–water partition coefficient (Wildman–Crippen LogP) is 3.06. The number of hydrogen-bond donors (Lipinski definition) is 1. The van der Waals surface area contributed by atoms with Gasteiger partial charge in [0.05, 0.1) is 10.8 Å². The number of likely N-dealkylation sites (tertiary alicyclic amines) is 1. The molecule has 0 spiro atoms. The number of nitro groups is 1. The Morgan fingerprint density at radius 2 is 1.88 bits per heavy atom. The second-order valence-corrected chi connectivity index (χ2v) is 6.00. The zero-order chi connectivity index (χ0) is 16.9. The van der Waals surface area contributed by atoms with Gasteiger partial charge >= 0.3 is 0 Å². The Labute approximate surface area is 140 Å². The van der Waals surface area contributed by atoms with Gasteiger partial charge in [0.2, 0.25) is 5.91 Å². The van der Waals surface area contributed by atoms with E-state index < -0.39 is 4.92 Å². The molecule has 1 aliphatic heterocycles. The van der Waals surface area contributed by atoms with Crippen LogP contribution in [0.2, 0.25) is 0 Å². The number of benzene rings is 2. The molecule has 0 aliphatic carbocycles. The van der Waals surface area contributed by atoms with Crippen molar-refractivity contribution in [1.82, 2.24) is 4.90 Å². The molecule has 24 heavy (non-hydrogen) atoms. The predicted molar refractivity (Wildman–Crippen MR) is 91.6 cm³/mol. The van der Waals surface area contributed by atoms with Crippen molar-refractivity contribution < 1.29 is 9.72 Å². The van der Waals surface area contributed by atoms with Crippen molar-refractivity contribution >= 4 is 17.3 Å². The summed E-state index contributed by atoms with van der Waals surface area (Å²) in [5, 5.41) is 13.5. The summed E-state index contributed by atoms with van der Waals surface area (Å²) >= 11 is 0. The minimum atomic E-state index is -0.454. The van der Waals surface area contributed by atoms with Crippen LogP contribution in [0, 0.1) is 16.0 Å². The zero-order valence-electron chi connectivity index (χ0n) is 13.2. The Balaban J connectivity index is 1.53. The van der Waals surface area contributed by atoms with Crippen molar-refractivity contribution in [3.05, 3.63) is 70.3 Å². The lowest BCUT2D eigenvalue weighted by molar-refractivity contribution is -0.384. The van der Waals surface area contributed by atoms with Crippen LogP contribution in [0.15, 0.2) is 54.6 Å². The first kappa shape index (κ1) is 16.1. The largest absolute Gasteiger partial charge is 0.326 e. The van der Waals surface area contributed by atoms with Crippen LogP contribution < -0.4 is 5.32 Å². The summed E-state index contributed by atoms with van der Waals surface area (Å²) in [6, 6.07) is 16.1. The van der Waals surface area contributed by atoms with Gasteiger partial charge in [-0.1, -0.05) is 30.3 Å². The molecule has 1 fully saturated rings. The highest BCUT2D eigenvalue weighted by Crippen LogP contribution is 2.21. The first-order valence-corrected chi connectivity index (χ1v) is 7.93. The SMILES string of the molecule is O=C(Nc1ccc([N+](=O)[O-])cc1)C1CCN(Cc2ccccc2)C1. The van der Waals surface area contributed by atoms with E-state index in [0.717, 1.165) is 26.1 Å². The smallest absolute Gasteiger partial charge is 0.269 e. The van der Waals surface area contributed by atoms with E-state index in [4.69, 9.17) is 0 Å². The van der Waals surface area contributed by atoms with Gasteiger partial charge in [0, 0.05) is 30.9 Å². The fraction of sp³-hybridized carbons (Fsp3) is 0.278. The van der Waals surface area contributed by atoms with Gasteiger partial charge in [-0.3, -0.25) is 19.8 Å². The van der Waals surface area contributed by atoms with E-state index in [9.17, 15) is 14.9 Å². The van der Waals surface area contributed by atoms with Gasteiger partial charge in [-0.15, -0.1) is 0 Å². The number of nitrogens with one attached hydrogen (secondary N) is 1. The van der Waals surface area contributed by atoms with Crippen LogP contribution in [0.3, 0.4) is 0 Å². The number of carbonyl (C=O) groups is 1. The Hall–Kier alpha value is -2.73. The second-order valence-electron chi connectivity index (χ2n) is 6.00. The van der Waals surface area contributed by atoms with Gasteiger partial charge < -0.3 is 5.32 Å². The van der Waals surface area contributed by atoms with E-state index in [-0.39, 0.29) is 17.5 Å². The molecule has 2 aromatic rings. The van der Waals surface area contributed by atoms with Crippen LogP contribution in [-0.4, -0.2) is 28.8 Å². The molecule has 6 nitrogen and oxygen atoms in total. The summed E-state index contributed by atoms with van der Waals surface area (Å²) < 4.78 is 0. The van der Waals surface area contributed by atoms with Crippen molar-refractivity contribution in [2.45, 2.75) is 13.0 Å². The average molecular weight is 325 g/mol. The molecule has 3 rings (SSSR count). The molecule has 6 heteroatoms. The molecule has 1 heterocycles. The highest BCUT2D eigenvalue weighted by molar-refractivity contribution is 5.93. The number of carbonyl (C=O) groups excluding carboxylic acids is 1. The average Bonchev–Trinajstić information content (AvgIpc) is 3.05. The summed E-state index contributed by atoms with van der Waals surface area (Å²) in [6.45, 7) is 2.48. The summed E-state index contributed by atoms with van der Waals surface area (Å²) in [5.41, 5.74) is 1.85. The third-order valence-corrected chi connectivity index (χ3v) is 4.24. The lowest BCUT2D eigenvalue weighted by Crippen LogP contribution is -2.26. The quantitative estimate of drug-likeness (QED) is 0.677. The molecule has 0 aromatic heterocycles. The fourth-order valence-corrected chi connectivity index (χ4v) is 2.94. The summed E-state index contributed by atoms with van der Waals surface area (Å²) in [5.74, 6) is -0.0803. The monoisotopic (exact) mass is 325 g/mol. The molecule has 0 saturated carbocycles. The molecule has 2 aromatic carbocycles. The van der Waals surface area contributed by atoms with E-state index in [2.05, 4.69) is 22.3 Å². The fourth-order valence-electron chi connectivity index (χ4n) is 2.94. The van der Waals surface area contributed by atoms with Gasteiger partial charge in [0.15, 0.2) is 0 Å². The number of hydrogen-bond acceptors (Lipinski definition) is 4. The minimum absolute atomic E-state index is 0.0166. The van der Waals surface area contributed by atoms with Crippen LogP contribution in [0.1, 0.15) is 12.0 Å². The number of anilines is 1. The second kappa shape index (κ2) is 7.23. The number of rotatable bonds is 5. The lowest BCUT2D eigenvalue weighted by Gasteiger charge is -2.16. The van der Waals surface area contributed by atoms with Crippen LogP contribution in [0.5, 0.6) is 0 Å². The van der Waals surface area contributed by atoms with E-state index in [1.165, 1.54) is 17.7 Å². The van der Waals surface area contributed by atoms with Gasteiger partial charge in [-0.05, 0) is 30.7 Å². The molecule has 1 atom stereocenters. The number of nitrogens with zero attached hydrogens (tertiary/aromatic N) is 2. The molecule has 1 saturated heterocycles. The lowest BCUT2D eigenvalue weighted by atomic mass is 10.1. The molecule has 1 aliphatic rings. The number of amides is 1. The Bertz CT molecular complexity index is 716. The molecule has 0 bridgehead atoms. The van der Waals surface area contributed by atoms with E-state index >= 15 is 0 Å². The molecular formula is C18H19N3O3. The van der Waals surface area contributed by atoms with Gasteiger partial charge in [0.1, 0.15) is 0 Å². The van der Waals surface area contributed by atoms with Crippen LogP contribution in [0.25, 0.3) is 0 Å². The van der Waals surface area contributed by atoms with Crippen molar-refractivity contribution in [3.8, 4) is 0 Å². The maximum atomic E-state index is 12.4. The number of nitro benzene ring substituents is 1. The first-order chi connectivity index (χ1) is 11.6. The van der Waals surface area contributed by atoms with E-state index in [1.54, 1.807) is 12.1 Å². The number of non-ortho nitro benzene ring substituents is 1. The van der Waals surface area contributed by atoms with Gasteiger partial charge in [-0.2, -0.15) is 0 Å².